The van der Waals surface area contributed by atoms with Crippen molar-refractivity contribution in [2.45, 2.75) is 20.8 Å². The summed E-state index contributed by atoms with van der Waals surface area (Å²) in [5.74, 6) is -0.404. The Labute approximate surface area is 102 Å². The van der Waals surface area contributed by atoms with Crippen molar-refractivity contribution in [3.8, 4) is 5.75 Å². The molecule has 1 aromatic carbocycles. The standard InChI is InChI=1S/C11H12BrNO3/c1-6-4-9(11(15)5-10(6)12)7(2)13-16-8(3)14/h4-5,15H,1-3H3. The van der Waals surface area contributed by atoms with E-state index in [0.717, 1.165) is 10.0 Å². The fourth-order valence-corrected chi connectivity index (χ4v) is 1.47. The highest BCUT2D eigenvalue weighted by Gasteiger charge is 2.08. The smallest absolute Gasteiger partial charge is 0.331 e. The molecule has 86 valence electrons. The van der Waals surface area contributed by atoms with Gasteiger partial charge in [0.25, 0.3) is 0 Å². The number of phenols is 1. The van der Waals surface area contributed by atoms with Gasteiger partial charge < -0.3 is 9.94 Å². The van der Waals surface area contributed by atoms with Crippen LogP contribution in [0.4, 0.5) is 0 Å². The van der Waals surface area contributed by atoms with Crippen LogP contribution < -0.4 is 0 Å². The number of aromatic hydroxyl groups is 1. The predicted octanol–water partition coefficient (Wildman–Crippen LogP) is 2.75. The Balaban J connectivity index is 3.08. The molecule has 1 rings (SSSR count). The zero-order valence-corrected chi connectivity index (χ0v) is 10.8. The molecule has 0 amide bonds. The Bertz CT molecular complexity index is 455. The number of carbonyl (C=O) groups excluding carboxylic acids is 1. The van der Waals surface area contributed by atoms with Crippen molar-refractivity contribution in [1.82, 2.24) is 0 Å². The third kappa shape index (κ3) is 3.06. The molecule has 0 saturated carbocycles. The fraction of sp³-hybridized carbons (Fsp3) is 0.273. The summed E-state index contributed by atoms with van der Waals surface area (Å²) in [5, 5.41) is 13.3. The van der Waals surface area contributed by atoms with Crippen molar-refractivity contribution in [2.24, 2.45) is 5.16 Å². The largest absolute Gasteiger partial charge is 0.507 e. The quantitative estimate of drug-likeness (QED) is 0.516. The van der Waals surface area contributed by atoms with E-state index in [1.54, 1.807) is 19.1 Å². The molecular formula is C11H12BrNO3. The van der Waals surface area contributed by atoms with Gasteiger partial charge in [-0.2, -0.15) is 0 Å². The monoisotopic (exact) mass is 285 g/mol. The van der Waals surface area contributed by atoms with Gasteiger partial charge in [-0.1, -0.05) is 21.1 Å². The van der Waals surface area contributed by atoms with Crippen LogP contribution in [0.3, 0.4) is 0 Å². The van der Waals surface area contributed by atoms with E-state index < -0.39 is 5.97 Å². The van der Waals surface area contributed by atoms with Crippen LogP contribution >= 0.6 is 15.9 Å². The molecule has 0 aliphatic heterocycles. The maximum absolute atomic E-state index is 10.6. The molecule has 0 atom stereocenters. The van der Waals surface area contributed by atoms with E-state index in [1.165, 1.54) is 6.92 Å². The lowest BCUT2D eigenvalue weighted by Crippen LogP contribution is -2.00. The Hall–Kier alpha value is -1.36. The average Bonchev–Trinajstić information content (AvgIpc) is 2.20. The number of halogens is 1. The number of phenolic OH excluding ortho intramolecular Hbond substituents is 1. The highest BCUT2D eigenvalue weighted by atomic mass is 79.9. The van der Waals surface area contributed by atoms with E-state index >= 15 is 0 Å². The van der Waals surface area contributed by atoms with Crippen LogP contribution in [-0.4, -0.2) is 16.8 Å². The van der Waals surface area contributed by atoms with Gasteiger partial charge in [0.05, 0.1) is 5.71 Å². The third-order valence-corrected chi connectivity index (χ3v) is 2.83. The Kier molecular flexibility index (Phi) is 4.06. The van der Waals surface area contributed by atoms with E-state index in [0.29, 0.717) is 11.3 Å². The first-order valence-electron chi connectivity index (χ1n) is 4.63. The molecule has 0 fully saturated rings. The fourth-order valence-electron chi connectivity index (χ4n) is 1.14. The Morgan fingerprint density at radius 1 is 1.44 bits per heavy atom. The molecule has 0 heterocycles. The summed E-state index contributed by atoms with van der Waals surface area (Å²) in [7, 11) is 0. The third-order valence-electron chi connectivity index (χ3n) is 1.98. The molecular weight excluding hydrogens is 274 g/mol. The van der Waals surface area contributed by atoms with Gasteiger partial charge in [-0.3, -0.25) is 0 Å². The lowest BCUT2D eigenvalue weighted by atomic mass is 10.1. The molecule has 0 radical (unpaired) electrons. The average molecular weight is 286 g/mol. The van der Waals surface area contributed by atoms with E-state index in [-0.39, 0.29) is 5.75 Å². The molecule has 5 heteroatoms. The lowest BCUT2D eigenvalue weighted by molar-refractivity contribution is -0.140. The zero-order chi connectivity index (χ0) is 12.3. The summed E-state index contributed by atoms with van der Waals surface area (Å²) in [4.78, 5) is 15.1. The van der Waals surface area contributed by atoms with Crippen LogP contribution in [0.15, 0.2) is 21.8 Å². The molecule has 16 heavy (non-hydrogen) atoms. The van der Waals surface area contributed by atoms with Crippen molar-refractivity contribution in [2.75, 3.05) is 0 Å². The highest BCUT2D eigenvalue weighted by molar-refractivity contribution is 9.10. The van der Waals surface area contributed by atoms with Crippen LogP contribution in [0.2, 0.25) is 0 Å². The number of aryl methyl sites for hydroxylation is 1. The van der Waals surface area contributed by atoms with Crippen LogP contribution in [0.1, 0.15) is 25.0 Å². The van der Waals surface area contributed by atoms with Crippen molar-refractivity contribution >= 4 is 27.6 Å². The molecule has 0 unspecified atom stereocenters. The number of hydrogen-bond acceptors (Lipinski definition) is 4. The molecule has 0 aliphatic carbocycles. The number of hydrogen-bond donors (Lipinski definition) is 1. The summed E-state index contributed by atoms with van der Waals surface area (Å²) < 4.78 is 0.814. The Morgan fingerprint density at radius 3 is 2.62 bits per heavy atom. The molecule has 0 aliphatic rings. The molecule has 1 N–H and O–H groups in total. The van der Waals surface area contributed by atoms with Gasteiger partial charge in [-0.25, -0.2) is 4.79 Å². The molecule has 0 saturated heterocycles. The second kappa shape index (κ2) is 5.12. The minimum absolute atomic E-state index is 0.0888. The van der Waals surface area contributed by atoms with Gasteiger partial charge >= 0.3 is 5.97 Å². The number of nitrogens with zero attached hydrogens (tertiary/aromatic N) is 1. The minimum atomic E-state index is -0.493. The van der Waals surface area contributed by atoms with E-state index in [4.69, 9.17) is 0 Å². The number of rotatable bonds is 2. The Morgan fingerprint density at radius 2 is 2.06 bits per heavy atom. The van der Waals surface area contributed by atoms with E-state index in [1.807, 2.05) is 6.92 Å². The topological polar surface area (TPSA) is 58.9 Å². The maximum atomic E-state index is 10.6. The second-order valence-corrected chi connectivity index (χ2v) is 4.23. The summed E-state index contributed by atoms with van der Waals surface area (Å²) in [6.07, 6.45) is 0. The van der Waals surface area contributed by atoms with Gasteiger partial charge in [-0.05, 0) is 31.5 Å². The highest BCUT2D eigenvalue weighted by Crippen LogP contribution is 2.26. The van der Waals surface area contributed by atoms with Crippen molar-refractivity contribution in [3.63, 3.8) is 0 Å². The van der Waals surface area contributed by atoms with Crippen LogP contribution in [0.25, 0.3) is 0 Å². The van der Waals surface area contributed by atoms with Crippen molar-refractivity contribution in [3.05, 3.63) is 27.7 Å². The summed E-state index contributed by atoms with van der Waals surface area (Å²) in [5.41, 5.74) is 1.95. The molecule has 0 spiro atoms. The maximum Gasteiger partial charge on any atom is 0.331 e. The van der Waals surface area contributed by atoms with E-state index in [9.17, 15) is 9.90 Å². The first kappa shape index (κ1) is 12.7. The lowest BCUT2D eigenvalue weighted by Gasteiger charge is -2.06. The number of carbonyl (C=O) groups is 1. The van der Waals surface area contributed by atoms with Gasteiger partial charge in [0.2, 0.25) is 0 Å². The van der Waals surface area contributed by atoms with Gasteiger partial charge in [0.1, 0.15) is 5.75 Å². The first-order chi connectivity index (χ1) is 7.41. The SMILES string of the molecule is CC(=O)ON=C(C)c1cc(C)c(Br)cc1O. The van der Waals surface area contributed by atoms with Gasteiger partial charge in [-0.15, -0.1) is 0 Å². The van der Waals surface area contributed by atoms with Crippen LogP contribution in [0.5, 0.6) is 5.75 Å². The summed E-state index contributed by atoms with van der Waals surface area (Å²) in [6.45, 7) is 4.82. The zero-order valence-electron chi connectivity index (χ0n) is 9.24. The molecule has 4 nitrogen and oxygen atoms in total. The van der Waals surface area contributed by atoms with Crippen molar-refractivity contribution in [1.29, 1.82) is 0 Å². The first-order valence-corrected chi connectivity index (χ1v) is 5.42. The molecule has 1 aromatic rings. The number of oxime groups is 1. The van der Waals surface area contributed by atoms with E-state index in [2.05, 4.69) is 25.9 Å². The second-order valence-electron chi connectivity index (χ2n) is 3.38. The molecule has 0 bridgehead atoms. The molecule has 0 aromatic heterocycles. The number of benzene rings is 1. The normalized spacial score (nSPS) is 11.4. The van der Waals surface area contributed by atoms with Gasteiger partial charge in [0, 0.05) is 17.0 Å². The summed E-state index contributed by atoms with van der Waals surface area (Å²) in [6, 6.07) is 3.35. The minimum Gasteiger partial charge on any atom is -0.507 e. The van der Waals surface area contributed by atoms with Crippen molar-refractivity contribution < 1.29 is 14.7 Å². The van der Waals surface area contributed by atoms with Gasteiger partial charge in [0.15, 0.2) is 0 Å². The van der Waals surface area contributed by atoms with Crippen LogP contribution in [0, 0.1) is 6.92 Å². The van der Waals surface area contributed by atoms with Crippen LogP contribution in [-0.2, 0) is 9.63 Å². The summed E-state index contributed by atoms with van der Waals surface area (Å²) >= 11 is 3.31. The predicted molar refractivity (Wildman–Crippen MR) is 64.5 cm³/mol.